The molecule has 0 radical (unpaired) electrons. The number of aliphatic hydroxyl groups excluding tert-OH is 1. The van der Waals surface area contributed by atoms with Crippen LogP contribution < -0.4 is 0 Å². The third-order valence-corrected chi connectivity index (χ3v) is 4.08. The number of methoxy groups -OCH3 is 1. The zero-order valence-electron chi connectivity index (χ0n) is 11.4. The number of benzene rings is 1. The molecule has 0 bridgehead atoms. The fourth-order valence-electron chi connectivity index (χ4n) is 2.99. The Hall–Kier alpha value is -1.07. The van der Waals surface area contributed by atoms with Gasteiger partial charge in [-0.3, -0.25) is 0 Å². The summed E-state index contributed by atoms with van der Waals surface area (Å²) < 4.78 is 45.2. The first-order chi connectivity index (χ1) is 9.56. The maximum atomic E-state index is 13.7. The standard InChI is InChI=1S/C15H19F3O2/c1-20-15(9-5-3-2-4-6-9)14(19)10-7-8-11(16)13(18)12(10)17/h7-9,14-15,19H,2-6H2,1H3. The van der Waals surface area contributed by atoms with Gasteiger partial charge in [0.25, 0.3) is 0 Å². The van der Waals surface area contributed by atoms with E-state index in [0.29, 0.717) is 0 Å². The van der Waals surface area contributed by atoms with E-state index in [-0.39, 0.29) is 11.5 Å². The van der Waals surface area contributed by atoms with Crippen molar-refractivity contribution in [1.29, 1.82) is 0 Å². The van der Waals surface area contributed by atoms with Crippen LogP contribution in [0.3, 0.4) is 0 Å². The van der Waals surface area contributed by atoms with Crippen molar-refractivity contribution >= 4 is 0 Å². The molecule has 2 rings (SSSR count). The Morgan fingerprint density at radius 3 is 2.35 bits per heavy atom. The van der Waals surface area contributed by atoms with Crippen LogP contribution in [0.1, 0.15) is 43.8 Å². The molecule has 5 heteroatoms. The highest BCUT2D eigenvalue weighted by Crippen LogP contribution is 2.35. The van der Waals surface area contributed by atoms with Crippen molar-refractivity contribution in [2.75, 3.05) is 7.11 Å². The fourth-order valence-corrected chi connectivity index (χ4v) is 2.99. The molecule has 1 fully saturated rings. The zero-order chi connectivity index (χ0) is 14.7. The maximum Gasteiger partial charge on any atom is 0.194 e. The lowest BCUT2D eigenvalue weighted by molar-refractivity contribution is -0.0573. The van der Waals surface area contributed by atoms with E-state index in [2.05, 4.69) is 0 Å². The largest absolute Gasteiger partial charge is 0.386 e. The van der Waals surface area contributed by atoms with E-state index in [1.54, 1.807) is 0 Å². The molecule has 2 atom stereocenters. The average Bonchev–Trinajstić information content (AvgIpc) is 2.47. The van der Waals surface area contributed by atoms with Gasteiger partial charge in [0.2, 0.25) is 0 Å². The highest BCUT2D eigenvalue weighted by molar-refractivity contribution is 5.23. The van der Waals surface area contributed by atoms with Gasteiger partial charge >= 0.3 is 0 Å². The lowest BCUT2D eigenvalue weighted by Crippen LogP contribution is -2.32. The summed E-state index contributed by atoms with van der Waals surface area (Å²) in [4.78, 5) is 0. The molecule has 2 unspecified atom stereocenters. The molecule has 1 saturated carbocycles. The SMILES string of the molecule is COC(C1CCCCC1)C(O)c1ccc(F)c(F)c1F. The maximum absolute atomic E-state index is 13.7. The number of ether oxygens (including phenoxy) is 1. The van der Waals surface area contributed by atoms with Gasteiger partial charge in [0, 0.05) is 12.7 Å². The Morgan fingerprint density at radius 1 is 1.10 bits per heavy atom. The Bertz CT molecular complexity index is 459. The van der Waals surface area contributed by atoms with Gasteiger partial charge in [-0.05, 0) is 24.8 Å². The van der Waals surface area contributed by atoms with Crippen LogP contribution in [-0.2, 0) is 4.74 Å². The topological polar surface area (TPSA) is 29.5 Å². The monoisotopic (exact) mass is 288 g/mol. The molecule has 0 saturated heterocycles. The highest BCUT2D eigenvalue weighted by Gasteiger charge is 2.33. The number of rotatable bonds is 4. The van der Waals surface area contributed by atoms with Crippen LogP contribution in [-0.4, -0.2) is 18.3 Å². The fraction of sp³-hybridized carbons (Fsp3) is 0.600. The quantitative estimate of drug-likeness (QED) is 0.855. The molecule has 0 aliphatic heterocycles. The average molecular weight is 288 g/mol. The molecule has 112 valence electrons. The van der Waals surface area contributed by atoms with E-state index < -0.39 is 29.7 Å². The number of hydrogen-bond donors (Lipinski definition) is 1. The summed E-state index contributed by atoms with van der Waals surface area (Å²) in [6.07, 6.45) is 3.10. The smallest absolute Gasteiger partial charge is 0.194 e. The van der Waals surface area contributed by atoms with E-state index in [1.807, 2.05) is 0 Å². The van der Waals surface area contributed by atoms with Gasteiger partial charge in [0.05, 0.1) is 6.10 Å². The summed E-state index contributed by atoms with van der Waals surface area (Å²) in [7, 11) is 1.44. The first-order valence-corrected chi connectivity index (χ1v) is 6.90. The first-order valence-electron chi connectivity index (χ1n) is 6.90. The summed E-state index contributed by atoms with van der Waals surface area (Å²) in [5, 5.41) is 10.3. The van der Waals surface area contributed by atoms with Crippen molar-refractivity contribution in [2.24, 2.45) is 5.92 Å². The molecule has 0 spiro atoms. The van der Waals surface area contributed by atoms with E-state index in [9.17, 15) is 18.3 Å². The van der Waals surface area contributed by atoms with Gasteiger partial charge in [0.1, 0.15) is 6.10 Å². The summed E-state index contributed by atoms with van der Waals surface area (Å²) in [6.45, 7) is 0. The summed E-state index contributed by atoms with van der Waals surface area (Å²) in [5.41, 5.74) is -0.249. The van der Waals surface area contributed by atoms with Crippen molar-refractivity contribution in [3.63, 3.8) is 0 Å². The molecule has 1 aromatic carbocycles. The second-order valence-corrected chi connectivity index (χ2v) is 5.31. The molecule has 0 amide bonds. The summed E-state index contributed by atoms with van der Waals surface area (Å²) in [6, 6.07) is 1.90. The van der Waals surface area contributed by atoms with Gasteiger partial charge in [0.15, 0.2) is 17.5 Å². The Kier molecular flexibility index (Phi) is 5.05. The van der Waals surface area contributed by atoms with Crippen LogP contribution >= 0.6 is 0 Å². The van der Waals surface area contributed by atoms with Crippen LogP contribution in [0.4, 0.5) is 13.2 Å². The van der Waals surface area contributed by atoms with E-state index >= 15 is 0 Å². The summed E-state index contributed by atoms with van der Waals surface area (Å²) in [5.74, 6) is -4.04. The zero-order valence-corrected chi connectivity index (χ0v) is 11.4. The predicted octanol–water partition coefficient (Wildman–Crippen LogP) is 3.73. The van der Waals surface area contributed by atoms with Crippen LogP contribution in [0.2, 0.25) is 0 Å². The number of aliphatic hydroxyl groups is 1. The molecule has 20 heavy (non-hydrogen) atoms. The lowest BCUT2D eigenvalue weighted by atomic mass is 9.82. The van der Waals surface area contributed by atoms with Gasteiger partial charge in [-0.2, -0.15) is 0 Å². The molecule has 1 aliphatic carbocycles. The van der Waals surface area contributed by atoms with Crippen LogP contribution in [0.15, 0.2) is 12.1 Å². The van der Waals surface area contributed by atoms with Crippen LogP contribution in [0.5, 0.6) is 0 Å². The Labute approximate surface area is 116 Å². The minimum Gasteiger partial charge on any atom is -0.386 e. The van der Waals surface area contributed by atoms with Gasteiger partial charge in [-0.15, -0.1) is 0 Å². The molecular formula is C15H19F3O2. The van der Waals surface area contributed by atoms with E-state index in [4.69, 9.17) is 4.74 Å². The van der Waals surface area contributed by atoms with Crippen molar-refractivity contribution in [1.82, 2.24) is 0 Å². The van der Waals surface area contributed by atoms with Crippen molar-refractivity contribution < 1.29 is 23.0 Å². The van der Waals surface area contributed by atoms with Gasteiger partial charge < -0.3 is 9.84 Å². The van der Waals surface area contributed by atoms with Crippen molar-refractivity contribution in [3.8, 4) is 0 Å². The third kappa shape index (κ3) is 2.99. The highest BCUT2D eigenvalue weighted by atomic mass is 19.2. The second-order valence-electron chi connectivity index (χ2n) is 5.31. The second kappa shape index (κ2) is 6.59. The Morgan fingerprint density at radius 2 is 1.75 bits per heavy atom. The van der Waals surface area contributed by atoms with Crippen LogP contribution in [0.25, 0.3) is 0 Å². The van der Waals surface area contributed by atoms with Crippen LogP contribution in [0, 0.1) is 23.4 Å². The number of hydrogen-bond acceptors (Lipinski definition) is 2. The predicted molar refractivity (Wildman–Crippen MR) is 68.6 cm³/mol. The van der Waals surface area contributed by atoms with Gasteiger partial charge in [-0.1, -0.05) is 25.3 Å². The molecule has 2 nitrogen and oxygen atoms in total. The molecule has 0 aromatic heterocycles. The minimum absolute atomic E-state index is 0.108. The third-order valence-electron chi connectivity index (χ3n) is 4.08. The van der Waals surface area contributed by atoms with Gasteiger partial charge in [-0.25, -0.2) is 13.2 Å². The van der Waals surface area contributed by atoms with Crippen molar-refractivity contribution in [3.05, 3.63) is 35.1 Å². The minimum atomic E-state index is -1.56. The molecular weight excluding hydrogens is 269 g/mol. The summed E-state index contributed by atoms with van der Waals surface area (Å²) >= 11 is 0. The molecule has 0 heterocycles. The Balaban J connectivity index is 2.23. The van der Waals surface area contributed by atoms with E-state index in [1.165, 1.54) is 7.11 Å². The number of halogens is 3. The normalized spacial score (nSPS) is 19.9. The first kappa shape index (κ1) is 15.3. The molecule has 1 aromatic rings. The lowest BCUT2D eigenvalue weighted by Gasteiger charge is -2.32. The van der Waals surface area contributed by atoms with Crippen molar-refractivity contribution in [2.45, 2.75) is 44.3 Å². The van der Waals surface area contributed by atoms with E-state index in [0.717, 1.165) is 44.2 Å². The molecule has 1 aliphatic rings. The molecule has 1 N–H and O–H groups in total.